The van der Waals surface area contributed by atoms with Crippen LogP contribution in [0, 0.1) is 11.8 Å². The summed E-state index contributed by atoms with van der Waals surface area (Å²) in [5.41, 5.74) is 0. The van der Waals surface area contributed by atoms with Gasteiger partial charge in [0.1, 0.15) is 22.4 Å². The van der Waals surface area contributed by atoms with E-state index in [0.29, 0.717) is 11.8 Å². The van der Waals surface area contributed by atoms with Gasteiger partial charge in [0.25, 0.3) is 0 Å². The van der Waals surface area contributed by atoms with Gasteiger partial charge < -0.3 is 15.3 Å². The first-order valence-corrected chi connectivity index (χ1v) is 7.67. The van der Waals surface area contributed by atoms with Crippen molar-refractivity contribution in [2.45, 2.75) is 25.9 Å². The van der Waals surface area contributed by atoms with Gasteiger partial charge in [-0.2, -0.15) is 0 Å². The number of aromatic nitrogens is 2. The van der Waals surface area contributed by atoms with Gasteiger partial charge in [0.15, 0.2) is 0 Å². The van der Waals surface area contributed by atoms with Gasteiger partial charge in [-0.15, -0.1) is 0 Å². The fourth-order valence-corrected chi connectivity index (χ4v) is 3.88. The molecule has 3 atom stereocenters. The fraction of sp³-hybridized carbons (Fsp3) is 0.692. The van der Waals surface area contributed by atoms with Crippen LogP contribution in [0.15, 0.2) is 10.8 Å². The van der Waals surface area contributed by atoms with Gasteiger partial charge in [0, 0.05) is 25.6 Å². The van der Waals surface area contributed by atoms with Crippen molar-refractivity contribution in [1.29, 1.82) is 0 Å². The molecule has 3 rings (SSSR count). The minimum Gasteiger partial charge on any atom is -0.393 e. The molecule has 1 aliphatic heterocycles. The van der Waals surface area contributed by atoms with Crippen molar-refractivity contribution in [3.8, 4) is 0 Å². The van der Waals surface area contributed by atoms with Crippen molar-refractivity contribution < 1.29 is 5.11 Å². The van der Waals surface area contributed by atoms with Crippen LogP contribution in [0.4, 0.5) is 11.6 Å². The maximum absolute atomic E-state index is 9.99. The van der Waals surface area contributed by atoms with E-state index in [-0.39, 0.29) is 6.10 Å². The highest BCUT2D eigenvalue weighted by molar-refractivity contribution is 9.10. The van der Waals surface area contributed by atoms with Crippen molar-refractivity contribution in [2.75, 3.05) is 29.9 Å². The summed E-state index contributed by atoms with van der Waals surface area (Å²) in [7, 11) is 0. The number of aliphatic hydroxyl groups excluding tert-OH is 1. The Hall–Kier alpha value is -0.880. The summed E-state index contributed by atoms with van der Waals surface area (Å²) in [4.78, 5) is 10.9. The molecular weight excluding hydrogens is 308 g/mol. The lowest BCUT2D eigenvalue weighted by atomic mass is 10.00. The molecule has 1 saturated heterocycles. The highest BCUT2D eigenvalue weighted by atomic mass is 79.9. The molecule has 0 amide bonds. The molecule has 19 heavy (non-hydrogen) atoms. The third-order valence-corrected chi connectivity index (χ3v) is 4.96. The molecule has 1 saturated carbocycles. The Morgan fingerprint density at radius 2 is 2.26 bits per heavy atom. The van der Waals surface area contributed by atoms with Crippen molar-refractivity contribution in [1.82, 2.24) is 9.97 Å². The Bertz CT molecular complexity index is 470. The predicted octanol–water partition coefficient (Wildman–Crippen LogP) is 1.88. The van der Waals surface area contributed by atoms with Crippen molar-refractivity contribution in [2.24, 2.45) is 11.8 Å². The fourth-order valence-electron chi connectivity index (χ4n) is 3.28. The van der Waals surface area contributed by atoms with E-state index >= 15 is 0 Å². The lowest BCUT2D eigenvalue weighted by molar-refractivity contribution is 0.133. The average Bonchev–Trinajstić information content (AvgIpc) is 2.95. The normalized spacial score (nSPS) is 29.6. The Kier molecular flexibility index (Phi) is 3.62. The van der Waals surface area contributed by atoms with E-state index in [4.69, 9.17) is 0 Å². The van der Waals surface area contributed by atoms with Gasteiger partial charge in [-0.05, 0) is 41.6 Å². The molecule has 0 bridgehead atoms. The predicted molar refractivity (Wildman–Crippen MR) is 78.3 cm³/mol. The maximum atomic E-state index is 9.99. The molecule has 0 aromatic carbocycles. The van der Waals surface area contributed by atoms with Crippen LogP contribution in [0.3, 0.4) is 0 Å². The number of rotatable bonds is 3. The van der Waals surface area contributed by atoms with E-state index in [9.17, 15) is 5.11 Å². The molecule has 6 heteroatoms. The van der Waals surface area contributed by atoms with Crippen LogP contribution in [-0.4, -0.2) is 40.8 Å². The largest absolute Gasteiger partial charge is 0.393 e. The molecule has 1 aromatic rings. The number of nitrogens with zero attached hydrogens (tertiary/aromatic N) is 3. The Morgan fingerprint density at radius 1 is 1.42 bits per heavy atom. The minimum atomic E-state index is -0.135. The molecule has 2 aliphatic rings. The number of halogens is 1. The van der Waals surface area contributed by atoms with Crippen LogP contribution in [0.1, 0.15) is 19.8 Å². The maximum Gasteiger partial charge on any atom is 0.148 e. The Balaban J connectivity index is 1.82. The Morgan fingerprint density at radius 3 is 3.00 bits per heavy atom. The summed E-state index contributed by atoms with van der Waals surface area (Å²) in [6, 6.07) is 0. The van der Waals surface area contributed by atoms with Crippen molar-refractivity contribution in [3.63, 3.8) is 0 Å². The monoisotopic (exact) mass is 326 g/mol. The second-order valence-electron chi connectivity index (χ2n) is 5.36. The number of anilines is 2. The van der Waals surface area contributed by atoms with E-state index in [0.717, 1.165) is 48.6 Å². The SMILES string of the molecule is CCNc1ncnc(N2CC3CCC(O)C3C2)c1Br. The van der Waals surface area contributed by atoms with Crippen LogP contribution < -0.4 is 10.2 Å². The summed E-state index contributed by atoms with van der Waals surface area (Å²) in [5.74, 6) is 2.79. The van der Waals surface area contributed by atoms with Crippen LogP contribution in [0.5, 0.6) is 0 Å². The summed E-state index contributed by atoms with van der Waals surface area (Å²) < 4.78 is 0.923. The molecule has 1 aromatic heterocycles. The first-order valence-electron chi connectivity index (χ1n) is 6.88. The minimum absolute atomic E-state index is 0.135. The van der Waals surface area contributed by atoms with Gasteiger partial charge in [-0.25, -0.2) is 9.97 Å². The topological polar surface area (TPSA) is 61.3 Å². The molecule has 0 spiro atoms. The van der Waals surface area contributed by atoms with Crippen LogP contribution in [-0.2, 0) is 0 Å². The van der Waals surface area contributed by atoms with E-state index in [2.05, 4.69) is 36.1 Å². The molecule has 2 heterocycles. The number of aliphatic hydroxyl groups is 1. The molecule has 0 radical (unpaired) electrons. The van der Waals surface area contributed by atoms with Gasteiger partial charge in [0.05, 0.1) is 6.10 Å². The molecule has 104 valence electrons. The van der Waals surface area contributed by atoms with Crippen LogP contribution >= 0.6 is 15.9 Å². The number of hydrogen-bond donors (Lipinski definition) is 2. The van der Waals surface area contributed by atoms with Crippen LogP contribution in [0.2, 0.25) is 0 Å². The van der Waals surface area contributed by atoms with Gasteiger partial charge in [-0.3, -0.25) is 0 Å². The van der Waals surface area contributed by atoms with Crippen molar-refractivity contribution in [3.05, 3.63) is 10.8 Å². The molecule has 5 nitrogen and oxygen atoms in total. The smallest absolute Gasteiger partial charge is 0.148 e. The number of hydrogen-bond acceptors (Lipinski definition) is 5. The molecule has 2 N–H and O–H groups in total. The Labute approximate surface area is 121 Å². The lowest BCUT2D eigenvalue weighted by Gasteiger charge is -2.21. The average molecular weight is 327 g/mol. The molecule has 1 aliphatic carbocycles. The summed E-state index contributed by atoms with van der Waals surface area (Å²) in [6.45, 7) is 4.76. The van der Waals surface area contributed by atoms with Gasteiger partial charge in [-0.1, -0.05) is 0 Å². The van der Waals surface area contributed by atoms with Gasteiger partial charge >= 0.3 is 0 Å². The second kappa shape index (κ2) is 5.25. The van der Waals surface area contributed by atoms with Crippen molar-refractivity contribution >= 4 is 27.6 Å². The first-order chi connectivity index (χ1) is 9.20. The quantitative estimate of drug-likeness (QED) is 0.888. The summed E-state index contributed by atoms with van der Waals surface area (Å²) in [6.07, 6.45) is 3.55. The zero-order chi connectivity index (χ0) is 13.4. The number of fused-ring (bicyclic) bond motifs is 1. The highest BCUT2D eigenvalue weighted by Crippen LogP contribution is 2.41. The standard InChI is InChI=1S/C13H19BrN4O/c1-2-15-12-11(14)13(17-7-16-12)18-5-8-3-4-10(19)9(8)6-18/h7-10,19H,2-6H2,1H3,(H,15,16,17). The summed E-state index contributed by atoms with van der Waals surface area (Å²) in [5, 5.41) is 13.2. The third kappa shape index (κ3) is 2.31. The highest BCUT2D eigenvalue weighted by Gasteiger charge is 2.42. The molecular formula is C13H19BrN4O. The molecule has 3 unspecified atom stereocenters. The lowest BCUT2D eigenvalue weighted by Crippen LogP contribution is -2.25. The second-order valence-corrected chi connectivity index (χ2v) is 6.16. The summed E-state index contributed by atoms with van der Waals surface area (Å²) >= 11 is 3.60. The van der Waals surface area contributed by atoms with E-state index < -0.39 is 0 Å². The molecule has 2 fully saturated rings. The zero-order valence-electron chi connectivity index (χ0n) is 11.0. The van der Waals surface area contributed by atoms with Crippen LogP contribution in [0.25, 0.3) is 0 Å². The first kappa shape index (κ1) is 13.1. The zero-order valence-corrected chi connectivity index (χ0v) is 12.6. The van der Waals surface area contributed by atoms with E-state index in [1.807, 2.05) is 6.92 Å². The third-order valence-electron chi connectivity index (χ3n) is 4.23. The number of nitrogens with one attached hydrogen (secondary N) is 1. The van der Waals surface area contributed by atoms with Gasteiger partial charge in [0.2, 0.25) is 0 Å². The van der Waals surface area contributed by atoms with E-state index in [1.54, 1.807) is 6.33 Å². The van der Waals surface area contributed by atoms with E-state index in [1.165, 1.54) is 0 Å².